The molecule has 1 aromatic heterocycles. The van der Waals surface area contributed by atoms with E-state index in [-0.39, 0.29) is 18.0 Å². The van der Waals surface area contributed by atoms with Gasteiger partial charge >= 0.3 is 6.18 Å². The lowest BCUT2D eigenvalue weighted by atomic mass is 9.84. The second-order valence-electron chi connectivity index (χ2n) is 5.56. The summed E-state index contributed by atoms with van der Waals surface area (Å²) in [7, 11) is 1.61. The van der Waals surface area contributed by atoms with Gasteiger partial charge in [-0.3, -0.25) is 14.6 Å². The highest BCUT2D eigenvalue weighted by atomic mass is 35.5. The number of nitrogens with zero attached hydrogens (tertiary/aromatic N) is 3. The van der Waals surface area contributed by atoms with Crippen molar-refractivity contribution in [2.24, 2.45) is 5.92 Å². The van der Waals surface area contributed by atoms with Crippen LogP contribution in [-0.2, 0) is 15.8 Å². The molecule has 0 unspecified atom stereocenters. The highest BCUT2D eigenvalue weighted by Crippen LogP contribution is 2.34. The van der Waals surface area contributed by atoms with Gasteiger partial charge in [0, 0.05) is 32.1 Å². The fourth-order valence-electron chi connectivity index (χ4n) is 2.50. The van der Waals surface area contributed by atoms with Crippen molar-refractivity contribution in [1.82, 2.24) is 9.88 Å². The van der Waals surface area contributed by atoms with Crippen LogP contribution in [0.2, 0.25) is 5.02 Å². The van der Waals surface area contributed by atoms with Gasteiger partial charge in [-0.2, -0.15) is 18.4 Å². The maximum atomic E-state index is 12.6. The summed E-state index contributed by atoms with van der Waals surface area (Å²) in [6.45, 7) is 0.377. The first kappa shape index (κ1) is 18.2. The molecular formula is C15H13ClF3N3O2. The Balaban J connectivity index is 2.27. The van der Waals surface area contributed by atoms with Crippen molar-refractivity contribution in [2.45, 2.75) is 24.9 Å². The summed E-state index contributed by atoms with van der Waals surface area (Å²) in [5.74, 6) is -2.84. The fourth-order valence-corrected chi connectivity index (χ4v) is 2.77. The molecule has 1 aliphatic rings. The first-order chi connectivity index (χ1) is 11.1. The predicted molar refractivity (Wildman–Crippen MR) is 78.0 cm³/mol. The van der Waals surface area contributed by atoms with E-state index in [1.54, 1.807) is 13.1 Å². The second kappa shape index (κ2) is 6.77. The minimum absolute atomic E-state index is 0.0359. The van der Waals surface area contributed by atoms with E-state index in [9.17, 15) is 28.0 Å². The third-order valence-electron chi connectivity index (χ3n) is 3.95. The minimum Gasteiger partial charge on any atom is -0.346 e. The lowest BCUT2D eigenvalue weighted by Crippen LogP contribution is -2.39. The number of carbonyl (C=O) groups is 2. The summed E-state index contributed by atoms with van der Waals surface area (Å²) in [6.07, 6.45) is -3.73. The zero-order valence-electron chi connectivity index (χ0n) is 12.6. The molecule has 2 heterocycles. The van der Waals surface area contributed by atoms with E-state index in [2.05, 4.69) is 4.98 Å². The van der Waals surface area contributed by atoms with Gasteiger partial charge in [0.15, 0.2) is 5.78 Å². The van der Waals surface area contributed by atoms with E-state index in [4.69, 9.17) is 11.6 Å². The summed E-state index contributed by atoms with van der Waals surface area (Å²) >= 11 is 5.80. The highest BCUT2D eigenvalue weighted by molar-refractivity contribution is 6.31. The summed E-state index contributed by atoms with van der Waals surface area (Å²) in [5.41, 5.74) is -1.28. The molecule has 0 saturated carbocycles. The summed E-state index contributed by atoms with van der Waals surface area (Å²) in [5, 5.41) is 8.87. The Morgan fingerprint density at radius 2 is 2.21 bits per heavy atom. The molecule has 2 rings (SSSR count). The lowest BCUT2D eigenvalue weighted by molar-refractivity contribution is -0.138. The number of hydrogen-bond donors (Lipinski definition) is 0. The first-order valence-electron chi connectivity index (χ1n) is 7.05. The zero-order chi connectivity index (χ0) is 18.1. The Kier molecular flexibility index (Phi) is 5.13. The van der Waals surface area contributed by atoms with Gasteiger partial charge in [-0.1, -0.05) is 11.6 Å². The maximum absolute atomic E-state index is 12.6. The molecule has 24 heavy (non-hydrogen) atoms. The van der Waals surface area contributed by atoms with Crippen LogP contribution >= 0.6 is 11.6 Å². The minimum atomic E-state index is -4.62. The van der Waals surface area contributed by atoms with Crippen LogP contribution in [0.1, 0.15) is 30.0 Å². The number of nitriles is 1. The molecule has 0 N–H and O–H groups in total. The number of halogens is 4. The van der Waals surface area contributed by atoms with E-state index < -0.39 is 34.4 Å². The third kappa shape index (κ3) is 3.67. The van der Waals surface area contributed by atoms with Crippen molar-refractivity contribution in [3.63, 3.8) is 0 Å². The van der Waals surface area contributed by atoms with E-state index in [0.717, 1.165) is 0 Å². The predicted octanol–water partition coefficient (Wildman–Crippen LogP) is 2.80. The molecular weight excluding hydrogens is 347 g/mol. The number of aromatic nitrogens is 1. The number of rotatable bonds is 3. The van der Waals surface area contributed by atoms with Gasteiger partial charge in [0.2, 0.25) is 5.91 Å². The monoisotopic (exact) mass is 359 g/mol. The number of Topliss-reactive ketones (excluding diaryl/α,β-unsaturated/α-hetero) is 1. The standard InChI is InChI=1S/C15H13ClF3N3O2/c1-22-3-2-8(4-12(22)23)14(24)10(6-20)13-11(16)5-9(7-21-13)15(17,18)19/h5,7-8,10H,2-4H2,1H3/t8-,10-/m1/s1. The van der Waals surface area contributed by atoms with E-state index in [0.29, 0.717) is 25.2 Å². The lowest BCUT2D eigenvalue weighted by Gasteiger charge is -2.28. The van der Waals surface area contributed by atoms with Crippen LogP contribution in [0.3, 0.4) is 0 Å². The first-order valence-corrected chi connectivity index (χ1v) is 7.43. The van der Waals surface area contributed by atoms with Crippen LogP contribution in [0.15, 0.2) is 12.3 Å². The number of amides is 1. The van der Waals surface area contributed by atoms with Crippen LogP contribution in [0, 0.1) is 17.2 Å². The molecule has 0 radical (unpaired) electrons. The topological polar surface area (TPSA) is 74.1 Å². The normalized spacial score (nSPS) is 19.8. The molecule has 2 atom stereocenters. The molecule has 128 valence electrons. The van der Waals surface area contributed by atoms with Gasteiger partial charge in [0.25, 0.3) is 0 Å². The average molecular weight is 360 g/mol. The number of pyridine rings is 1. The van der Waals surface area contributed by atoms with Crippen molar-refractivity contribution in [3.05, 3.63) is 28.5 Å². The number of hydrogen-bond acceptors (Lipinski definition) is 4. The average Bonchev–Trinajstić information content (AvgIpc) is 2.51. The number of carbonyl (C=O) groups excluding carboxylic acids is 2. The Morgan fingerprint density at radius 1 is 1.54 bits per heavy atom. The van der Waals surface area contributed by atoms with Crippen molar-refractivity contribution in [1.29, 1.82) is 5.26 Å². The molecule has 0 bridgehead atoms. The summed E-state index contributed by atoms with van der Waals surface area (Å²) in [4.78, 5) is 29.3. The van der Waals surface area contributed by atoms with Crippen molar-refractivity contribution in [2.75, 3.05) is 13.6 Å². The molecule has 1 amide bonds. The van der Waals surface area contributed by atoms with Crippen molar-refractivity contribution < 1.29 is 22.8 Å². The number of alkyl halides is 3. The maximum Gasteiger partial charge on any atom is 0.417 e. The Labute approximate surface area is 141 Å². The summed E-state index contributed by atoms with van der Waals surface area (Å²) in [6, 6.07) is 2.38. The second-order valence-corrected chi connectivity index (χ2v) is 5.97. The van der Waals surface area contributed by atoms with Crippen LogP contribution in [0.4, 0.5) is 13.2 Å². The Morgan fingerprint density at radius 3 is 2.71 bits per heavy atom. The molecule has 1 fully saturated rings. The smallest absolute Gasteiger partial charge is 0.346 e. The number of likely N-dealkylation sites (tertiary alicyclic amines) is 1. The molecule has 0 aliphatic carbocycles. The quantitative estimate of drug-likeness (QED) is 0.831. The molecule has 1 saturated heterocycles. The van der Waals surface area contributed by atoms with Crippen LogP contribution in [0.5, 0.6) is 0 Å². The van der Waals surface area contributed by atoms with Gasteiger partial charge in [-0.15, -0.1) is 0 Å². The van der Waals surface area contributed by atoms with Gasteiger partial charge in [0.05, 0.1) is 22.3 Å². The number of ketones is 1. The molecule has 0 spiro atoms. The van der Waals surface area contributed by atoms with Crippen LogP contribution < -0.4 is 0 Å². The van der Waals surface area contributed by atoms with E-state index >= 15 is 0 Å². The van der Waals surface area contributed by atoms with E-state index in [1.165, 1.54) is 4.90 Å². The molecule has 0 aromatic carbocycles. The molecule has 9 heteroatoms. The summed E-state index contributed by atoms with van der Waals surface area (Å²) < 4.78 is 37.9. The van der Waals surface area contributed by atoms with Crippen LogP contribution in [0.25, 0.3) is 0 Å². The largest absolute Gasteiger partial charge is 0.417 e. The molecule has 1 aliphatic heterocycles. The molecule has 5 nitrogen and oxygen atoms in total. The van der Waals surface area contributed by atoms with Gasteiger partial charge < -0.3 is 4.90 Å². The van der Waals surface area contributed by atoms with E-state index in [1.807, 2.05) is 0 Å². The number of piperidine rings is 1. The van der Waals surface area contributed by atoms with Gasteiger partial charge in [-0.05, 0) is 12.5 Å². The zero-order valence-corrected chi connectivity index (χ0v) is 13.4. The van der Waals surface area contributed by atoms with Crippen molar-refractivity contribution in [3.8, 4) is 6.07 Å². The fraction of sp³-hybridized carbons (Fsp3) is 0.467. The van der Waals surface area contributed by atoms with Gasteiger partial charge in [-0.25, -0.2) is 0 Å². The van der Waals surface area contributed by atoms with Crippen LogP contribution in [-0.4, -0.2) is 35.2 Å². The third-order valence-corrected chi connectivity index (χ3v) is 4.25. The molecule has 1 aromatic rings. The van der Waals surface area contributed by atoms with Gasteiger partial charge in [0.1, 0.15) is 5.92 Å². The SMILES string of the molecule is CN1CC[C@@H](C(=O)[C@H](C#N)c2ncc(C(F)(F)F)cc2Cl)CC1=O. The van der Waals surface area contributed by atoms with Crippen molar-refractivity contribution >= 4 is 23.3 Å². The Bertz CT molecular complexity index is 715. The Hall–Kier alpha value is -2.14. The highest BCUT2D eigenvalue weighted by Gasteiger charge is 2.37.